The molecule has 0 radical (unpaired) electrons. The molecule has 0 spiro atoms. The van der Waals surface area contributed by atoms with Crippen molar-refractivity contribution in [1.82, 2.24) is 4.98 Å². The number of ether oxygens (including phenoxy) is 1. The number of aromatic nitrogens is 1. The van der Waals surface area contributed by atoms with E-state index in [4.69, 9.17) is 4.74 Å². The first-order valence-corrected chi connectivity index (χ1v) is 5.28. The van der Waals surface area contributed by atoms with Crippen molar-refractivity contribution < 1.29 is 14.5 Å². The van der Waals surface area contributed by atoms with Gasteiger partial charge in [0.05, 0.1) is 11.0 Å². The van der Waals surface area contributed by atoms with Crippen molar-refractivity contribution >= 4 is 17.6 Å². The van der Waals surface area contributed by atoms with Gasteiger partial charge in [0.1, 0.15) is 11.4 Å². The van der Waals surface area contributed by atoms with Gasteiger partial charge in [-0.25, -0.2) is 9.78 Å². The second-order valence-corrected chi connectivity index (χ2v) is 4.67. The lowest BCUT2D eigenvalue weighted by molar-refractivity contribution is -0.384. The van der Waals surface area contributed by atoms with Gasteiger partial charge in [-0.2, -0.15) is 0 Å². The first-order valence-electron chi connectivity index (χ1n) is 5.28. The van der Waals surface area contributed by atoms with Crippen LogP contribution in [0.25, 0.3) is 0 Å². The number of nitro groups is 1. The van der Waals surface area contributed by atoms with E-state index in [2.05, 4.69) is 4.98 Å². The molecule has 7 heteroatoms. The van der Waals surface area contributed by atoms with Crippen LogP contribution in [0, 0.1) is 10.1 Å². The average molecular weight is 253 g/mol. The van der Waals surface area contributed by atoms with Gasteiger partial charge < -0.3 is 4.74 Å². The molecule has 1 heterocycles. The molecule has 0 aliphatic carbocycles. The number of anilines is 1. The Morgan fingerprint density at radius 3 is 2.61 bits per heavy atom. The zero-order valence-corrected chi connectivity index (χ0v) is 10.7. The van der Waals surface area contributed by atoms with Gasteiger partial charge in [0, 0.05) is 19.3 Å². The Labute approximate surface area is 105 Å². The fourth-order valence-corrected chi connectivity index (χ4v) is 1.13. The number of carbonyl (C=O) groups excluding carboxylic acids is 1. The predicted molar refractivity (Wildman–Crippen MR) is 65.5 cm³/mol. The van der Waals surface area contributed by atoms with Crippen molar-refractivity contribution in [3.63, 3.8) is 0 Å². The molecule has 0 N–H and O–H groups in total. The van der Waals surface area contributed by atoms with Gasteiger partial charge in [0.2, 0.25) is 0 Å². The van der Waals surface area contributed by atoms with Crippen LogP contribution in [-0.2, 0) is 4.74 Å². The molecular formula is C11H15N3O4. The highest BCUT2D eigenvalue weighted by Gasteiger charge is 2.22. The molecule has 0 aliphatic heterocycles. The maximum absolute atomic E-state index is 11.7. The summed E-state index contributed by atoms with van der Waals surface area (Å²) in [6, 6.07) is 2.47. The SMILES string of the molecule is CN(C(=O)OC(C)(C)C)c1cc([N+](=O)[O-])ccn1. The highest BCUT2D eigenvalue weighted by molar-refractivity contribution is 5.86. The van der Waals surface area contributed by atoms with Crippen molar-refractivity contribution in [3.8, 4) is 0 Å². The number of amides is 1. The summed E-state index contributed by atoms with van der Waals surface area (Å²) in [6.45, 7) is 5.21. The summed E-state index contributed by atoms with van der Waals surface area (Å²) >= 11 is 0. The van der Waals surface area contributed by atoms with E-state index in [1.165, 1.54) is 25.4 Å². The summed E-state index contributed by atoms with van der Waals surface area (Å²) in [4.78, 5) is 26.8. The largest absolute Gasteiger partial charge is 0.443 e. The highest BCUT2D eigenvalue weighted by Crippen LogP contribution is 2.19. The third-order valence-corrected chi connectivity index (χ3v) is 1.95. The molecule has 98 valence electrons. The fraction of sp³-hybridized carbons (Fsp3) is 0.455. The normalized spacial score (nSPS) is 10.9. The maximum Gasteiger partial charge on any atom is 0.415 e. The topological polar surface area (TPSA) is 85.6 Å². The fourth-order valence-electron chi connectivity index (χ4n) is 1.13. The van der Waals surface area contributed by atoms with E-state index in [1.54, 1.807) is 20.8 Å². The van der Waals surface area contributed by atoms with Gasteiger partial charge in [0.15, 0.2) is 0 Å². The van der Waals surface area contributed by atoms with Crippen LogP contribution in [0.1, 0.15) is 20.8 Å². The van der Waals surface area contributed by atoms with Crippen LogP contribution in [0.5, 0.6) is 0 Å². The molecule has 0 atom stereocenters. The monoisotopic (exact) mass is 253 g/mol. The van der Waals surface area contributed by atoms with Crippen LogP contribution in [0.15, 0.2) is 18.3 Å². The molecule has 0 fully saturated rings. The summed E-state index contributed by atoms with van der Waals surface area (Å²) in [5, 5.41) is 10.6. The summed E-state index contributed by atoms with van der Waals surface area (Å²) in [5.74, 6) is 0.165. The maximum atomic E-state index is 11.7. The minimum absolute atomic E-state index is 0.129. The molecule has 1 amide bonds. The smallest absolute Gasteiger partial charge is 0.415 e. The Morgan fingerprint density at radius 2 is 2.11 bits per heavy atom. The average Bonchev–Trinajstić information content (AvgIpc) is 2.26. The second kappa shape index (κ2) is 4.99. The first-order chi connectivity index (χ1) is 8.20. The van der Waals surface area contributed by atoms with Gasteiger partial charge in [-0.15, -0.1) is 0 Å². The van der Waals surface area contributed by atoms with Gasteiger partial charge in [-0.1, -0.05) is 0 Å². The molecule has 1 aromatic heterocycles. The lowest BCUT2D eigenvalue weighted by Crippen LogP contribution is -2.34. The van der Waals surface area contributed by atoms with E-state index in [0.29, 0.717) is 0 Å². The molecule has 1 rings (SSSR count). The van der Waals surface area contributed by atoms with Gasteiger partial charge >= 0.3 is 6.09 Å². The lowest BCUT2D eigenvalue weighted by Gasteiger charge is -2.23. The van der Waals surface area contributed by atoms with Gasteiger partial charge in [-0.3, -0.25) is 15.0 Å². The number of carbonyl (C=O) groups is 1. The number of rotatable bonds is 2. The van der Waals surface area contributed by atoms with Crippen molar-refractivity contribution in [2.24, 2.45) is 0 Å². The molecule has 7 nitrogen and oxygen atoms in total. The number of pyridine rings is 1. The number of nitrogens with zero attached hydrogens (tertiary/aromatic N) is 3. The van der Waals surface area contributed by atoms with Crippen LogP contribution < -0.4 is 4.90 Å². The van der Waals surface area contributed by atoms with Crippen LogP contribution in [-0.4, -0.2) is 28.6 Å². The molecule has 18 heavy (non-hydrogen) atoms. The first kappa shape index (κ1) is 13.9. The lowest BCUT2D eigenvalue weighted by atomic mass is 10.2. The highest BCUT2D eigenvalue weighted by atomic mass is 16.6. The zero-order valence-electron chi connectivity index (χ0n) is 10.7. The molecule has 0 aromatic carbocycles. The van der Waals surface area contributed by atoms with E-state index in [9.17, 15) is 14.9 Å². The second-order valence-electron chi connectivity index (χ2n) is 4.67. The molecule has 0 aliphatic rings. The third-order valence-electron chi connectivity index (χ3n) is 1.95. The Morgan fingerprint density at radius 1 is 1.50 bits per heavy atom. The Hall–Kier alpha value is -2.18. The number of hydrogen-bond acceptors (Lipinski definition) is 5. The Kier molecular flexibility index (Phi) is 3.85. The summed E-state index contributed by atoms with van der Waals surface area (Å²) in [5.41, 5.74) is -0.762. The van der Waals surface area contributed by atoms with E-state index < -0.39 is 16.6 Å². The van der Waals surface area contributed by atoms with Gasteiger partial charge in [-0.05, 0) is 20.8 Å². The minimum atomic E-state index is -0.633. The molecular weight excluding hydrogens is 238 g/mol. The van der Waals surface area contributed by atoms with Crippen molar-refractivity contribution in [2.75, 3.05) is 11.9 Å². The minimum Gasteiger partial charge on any atom is -0.443 e. The predicted octanol–water partition coefficient (Wildman–Crippen LogP) is 2.36. The van der Waals surface area contributed by atoms with Gasteiger partial charge in [0.25, 0.3) is 5.69 Å². The van der Waals surface area contributed by atoms with Crippen molar-refractivity contribution in [1.29, 1.82) is 0 Å². The third kappa shape index (κ3) is 3.69. The number of hydrogen-bond donors (Lipinski definition) is 0. The zero-order chi connectivity index (χ0) is 13.9. The van der Waals surface area contributed by atoms with Crippen LogP contribution in [0.4, 0.5) is 16.3 Å². The Balaban J connectivity index is 2.90. The molecule has 0 bridgehead atoms. The molecule has 0 unspecified atom stereocenters. The van der Waals surface area contributed by atoms with E-state index in [0.717, 1.165) is 4.90 Å². The Bertz CT molecular complexity index is 468. The summed E-state index contributed by atoms with van der Waals surface area (Å²) in [6.07, 6.45) is 0.657. The summed E-state index contributed by atoms with van der Waals surface area (Å²) < 4.78 is 5.13. The van der Waals surface area contributed by atoms with Crippen LogP contribution in [0.2, 0.25) is 0 Å². The molecule has 0 saturated heterocycles. The standard InChI is InChI=1S/C11H15N3O4/c1-11(2,3)18-10(15)13(4)9-7-8(14(16)17)5-6-12-9/h5-7H,1-4H3. The van der Waals surface area contributed by atoms with Crippen molar-refractivity contribution in [3.05, 3.63) is 28.4 Å². The molecule has 1 aromatic rings. The van der Waals surface area contributed by atoms with E-state index in [1.807, 2.05) is 0 Å². The summed E-state index contributed by atoms with van der Waals surface area (Å²) in [7, 11) is 1.44. The van der Waals surface area contributed by atoms with E-state index >= 15 is 0 Å². The quantitative estimate of drug-likeness (QED) is 0.596. The van der Waals surface area contributed by atoms with E-state index in [-0.39, 0.29) is 11.5 Å². The molecule has 0 saturated carbocycles. The van der Waals surface area contributed by atoms with Crippen LogP contribution >= 0.6 is 0 Å². The van der Waals surface area contributed by atoms with Crippen molar-refractivity contribution in [2.45, 2.75) is 26.4 Å². The van der Waals surface area contributed by atoms with Crippen LogP contribution in [0.3, 0.4) is 0 Å².